The zero-order valence-electron chi connectivity index (χ0n) is 13.9. The van der Waals surface area contributed by atoms with E-state index in [1.165, 1.54) is 0 Å². The molecule has 1 saturated heterocycles. The summed E-state index contributed by atoms with van der Waals surface area (Å²) in [6.07, 6.45) is 2.25. The maximum absolute atomic E-state index is 12.7. The average Bonchev–Trinajstić information content (AvgIpc) is 3.23. The van der Waals surface area contributed by atoms with Crippen LogP contribution in [0.25, 0.3) is 0 Å². The number of carbonyl (C=O) groups excluding carboxylic acids is 3. The third kappa shape index (κ3) is 3.69. The molecule has 1 aromatic carbocycles. The summed E-state index contributed by atoms with van der Waals surface area (Å²) in [5, 5.41) is 5.63. The maximum atomic E-state index is 12.7. The number of carbonyl (C=O) groups is 3. The molecule has 0 spiro atoms. The molecule has 1 fully saturated rings. The molecule has 1 aromatic rings. The van der Waals surface area contributed by atoms with Gasteiger partial charge >= 0.3 is 0 Å². The summed E-state index contributed by atoms with van der Waals surface area (Å²) in [6.45, 7) is 2.48. The summed E-state index contributed by atoms with van der Waals surface area (Å²) in [5.74, 6) is 0.710. The number of thioether (sulfide) groups is 1. The van der Waals surface area contributed by atoms with Crippen LogP contribution in [0.15, 0.2) is 16.6 Å². The zero-order valence-corrected chi connectivity index (χ0v) is 16.3. The number of anilines is 1. The van der Waals surface area contributed by atoms with Crippen LogP contribution in [-0.4, -0.2) is 40.3 Å². The highest BCUT2D eigenvalue weighted by atomic mass is 79.9. The predicted molar refractivity (Wildman–Crippen MR) is 101 cm³/mol. The van der Waals surface area contributed by atoms with Crippen molar-refractivity contribution in [1.82, 2.24) is 10.2 Å². The number of halogens is 1. The van der Waals surface area contributed by atoms with E-state index in [1.54, 1.807) is 22.7 Å². The van der Waals surface area contributed by atoms with Crippen LogP contribution in [0.1, 0.15) is 42.1 Å². The number of nitrogens with zero attached hydrogens (tertiary/aromatic N) is 1. The van der Waals surface area contributed by atoms with Crippen LogP contribution in [0.4, 0.5) is 5.69 Å². The SMILES string of the molecule is CCCCC(=O)N1CSCC1C(=O)Nc1ccc(Br)c2c1C(=O)NC2. The highest BCUT2D eigenvalue weighted by Gasteiger charge is 2.35. The van der Waals surface area contributed by atoms with Crippen molar-refractivity contribution in [2.24, 2.45) is 0 Å². The molecule has 25 heavy (non-hydrogen) atoms. The second-order valence-corrected chi connectivity index (χ2v) is 7.96. The van der Waals surface area contributed by atoms with Crippen molar-refractivity contribution < 1.29 is 14.4 Å². The van der Waals surface area contributed by atoms with Crippen molar-refractivity contribution in [2.45, 2.75) is 38.8 Å². The minimum atomic E-state index is -0.488. The quantitative estimate of drug-likeness (QED) is 0.759. The van der Waals surface area contributed by atoms with Gasteiger partial charge in [0.05, 0.1) is 17.1 Å². The van der Waals surface area contributed by atoms with E-state index >= 15 is 0 Å². The van der Waals surface area contributed by atoms with Gasteiger partial charge in [0.2, 0.25) is 11.8 Å². The highest BCUT2D eigenvalue weighted by molar-refractivity contribution is 9.10. The Morgan fingerprint density at radius 3 is 3.00 bits per heavy atom. The van der Waals surface area contributed by atoms with E-state index in [1.807, 2.05) is 13.0 Å². The molecule has 8 heteroatoms. The number of hydrogen-bond acceptors (Lipinski definition) is 4. The van der Waals surface area contributed by atoms with E-state index in [2.05, 4.69) is 26.6 Å². The minimum absolute atomic E-state index is 0.0192. The van der Waals surface area contributed by atoms with Crippen molar-refractivity contribution in [3.8, 4) is 0 Å². The third-order valence-corrected chi connectivity index (χ3v) is 6.17. The van der Waals surface area contributed by atoms with Gasteiger partial charge in [-0.3, -0.25) is 14.4 Å². The standard InChI is InChI=1S/C17H20BrN3O3S/c1-2-3-4-14(22)21-9-25-8-13(21)16(23)20-12-6-5-11(18)10-7-19-17(24)15(10)12/h5-6,13H,2-4,7-9H2,1H3,(H,19,24)(H,20,23). The van der Waals surface area contributed by atoms with E-state index in [0.29, 0.717) is 35.8 Å². The number of rotatable bonds is 5. The molecule has 2 aliphatic rings. The van der Waals surface area contributed by atoms with Crippen LogP contribution in [0.5, 0.6) is 0 Å². The average molecular weight is 426 g/mol. The number of benzene rings is 1. The monoisotopic (exact) mass is 425 g/mol. The molecule has 2 aliphatic heterocycles. The summed E-state index contributed by atoms with van der Waals surface area (Å²) < 4.78 is 0.839. The second-order valence-electron chi connectivity index (χ2n) is 6.10. The molecule has 3 rings (SSSR count). The van der Waals surface area contributed by atoms with Gasteiger partial charge in [-0.2, -0.15) is 0 Å². The Balaban J connectivity index is 1.76. The lowest BCUT2D eigenvalue weighted by molar-refractivity contribution is -0.136. The normalized spacial score (nSPS) is 18.9. The molecule has 0 aromatic heterocycles. The Morgan fingerprint density at radius 1 is 1.44 bits per heavy atom. The van der Waals surface area contributed by atoms with Gasteiger partial charge in [0.25, 0.3) is 5.91 Å². The largest absolute Gasteiger partial charge is 0.348 e. The molecule has 0 saturated carbocycles. The Bertz CT molecular complexity index is 725. The van der Waals surface area contributed by atoms with Gasteiger partial charge in [0.15, 0.2) is 0 Å². The lowest BCUT2D eigenvalue weighted by Gasteiger charge is -2.23. The molecule has 3 amide bonds. The van der Waals surface area contributed by atoms with Gasteiger partial charge in [0, 0.05) is 28.8 Å². The zero-order chi connectivity index (χ0) is 18.0. The van der Waals surface area contributed by atoms with Crippen LogP contribution in [0, 0.1) is 0 Å². The number of unbranched alkanes of at least 4 members (excludes halogenated alkanes) is 1. The molecule has 0 aliphatic carbocycles. The Hall–Kier alpha value is -1.54. The van der Waals surface area contributed by atoms with E-state index < -0.39 is 6.04 Å². The number of hydrogen-bond donors (Lipinski definition) is 2. The van der Waals surface area contributed by atoms with Crippen molar-refractivity contribution >= 4 is 51.1 Å². The first-order chi connectivity index (χ1) is 12.0. The fraction of sp³-hybridized carbons (Fsp3) is 0.471. The first kappa shape index (κ1) is 18.3. The summed E-state index contributed by atoms with van der Waals surface area (Å²) in [6, 6.07) is 3.05. The van der Waals surface area contributed by atoms with E-state index in [9.17, 15) is 14.4 Å². The van der Waals surface area contributed by atoms with Crippen molar-refractivity contribution in [3.05, 3.63) is 27.7 Å². The number of fused-ring (bicyclic) bond motifs is 1. The molecular formula is C17H20BrN3O3S. The topological polar surface area (TPSA) is 78.5 Å². The summed E-state index contributed by atoms with van der Waals surface area (Å²) in [4.78, 5) is 38.8. The van der Waals surface area contributed by atoms with Crippen molar-refractivity contribution in [2.75, 3.05) is 16.9 Å². The van der Waals surface area contributed by atoms with Crippen LogP contribution in [-0.2, 0) is 16.1 Å². The van der Waals surface area contributed by atoms with E-state index in [-0.39, 0.29) is 17.7 Å². The van der Waals surface area contributed by atoms with Crippen LogP contribution >= 0.6 is 27.7 Å². The highest BCUT2D eigenvalue weighted by Crippen LogP contribution is 2.31. The third-order valence-electron chi connectivity index (χ3n) is 4.42. The molecule has 1 atom stereocenters. The predicted octanol–water partition coefficient (Wildman–Crippen LogP) is 2.72. The molecule has 0 radical (unpaired) electrons. The van der Waals surface area contributed by atoms with Gasteiger partial charge in [-0.05, 0) is 18.6 Å². The summed E-state index contributed by atoms with van der Waals surface area (Å²) >= 11 is 5.01. The Morgan fingerprint density at radius 2 is 2.24 bits per heavy atom. The Labute approximate surface area is 159 Å². The molecule has 134 valence electrons. The lowest BCUT2D eigenvalue weighted by atomic mass is 10.1. The van der Waals surface area contributed by atoms with Gasteiger partial charge in [-0.25, -0.2) is 0 Å². The van der Waals surface area contributed by atoms with E-state index in [4.69, 9.17) is 0 Å². The van der Waals surface area contributed by atoms with Crippen molar-refractivity contribution in [1.29, 1.82) is 0 Å². The minimum Gasteiger partial charge on any atom is -0.348 e. The second kappa shape index (κ2) is 7.78. The molecule has 1 unspecified atom stereocenters. The van der Waals surface area contributed by atoms with Gasteiger partial charge in [-0.1, -0.05) is 29.3 Å². The Kier molecular flexibility index (Phi) is 5.68. The number of amides is 3. The van der Waals surface area contributed by atoms with Gasteiger partial charge < -0.3 is 15.5 Å². The summed E-state index contributed by atoms with van der Waals surface area (Å²) in [7, 11) is 0. The molecule has 0 bridgehead atoms. The van der Waals surface area contributed by atoms with Gasteiger partial charge in [0.1, 0.15) is 6.04 Å². The smallest absolute Gasteiger partial charge is 0.254 e. The molecular weight excluding hydrogens is 406 g/mol. The first-order valence-electron chi connectivity index (χ1n) is 8.30. The molecule has 2 heterocycles. The van der Waals surface area contributed by atoms with Crippen LogP contribution in [0.2, 0.25) is 0 Å². The van der Waals surface area contributed by atoms with Crippen LogP contribution < -0.4 is 10.6 Å². The fourth-order valence-corrected chi connectivity index (χ4v) is 4.66. The van der Waals surface area contributed by atoms with E-state index in [0.717, 1.165) is 22.9 Å². The molecule has 2 N–H and O–H groups in total. The van der Waals surface area contributed by atoms with Crippen LogP contribution in [0.3, 0.4) is 0 Å². The first-order valence-corrected chi connectivity index (χ1v) is 10.2. The maximum Gasteiger partial charge on any atom is 0.254 e. The number of nitrogens with one attached hydrogen (secondary N) is 2. The molecule has 6 nitrogen and oxygen atoms in total. The lowest BCUT2D eigenvalue weighted by Crippen LogP contribution is -2.44. The van der Waals surface area contributed by atoms with Crippen molar-refractivity contribution in [3.63, 3.8) is 0 Å². The fourth-order valence-electron chi connectivity index (χ4n) is 3.01. The van der Waals surface area contributed by atoms with Gasteiger partial charge in [-0.15, -0.1) is 11.8 Å². The summed E-state index contributed by atoms with van der Waals surface area (Å²) in [5.41, 5.74) is 1.84.